The highest BCUT2D eigenvalue weighted by molar-refractivity contribution is 5.88. The maximum Gasteiger partial charge on any atom is 0.222 e. The molecule has 0 rings (SSSR count). The van der Waals surface area contributed by atoms with Crippen LogP contribution in [-0.4, -0.2) is 62.6 Å². The van der Waals surface area contributed by atoms with Gasteiger partial charge in [0.1, 0.15) is 11.6 Å². The smallest absolute Gasteiger partial charge is 0.222 e. The molecule has 0 aromatic heterocycles. The summed E-state index contributed by atoms with van der Waals surface area (Å²) in [7, 11) is 1.65. The fourth-order valence-corrected chi connectivity index (χ4v) is 2.28. The van der Waals surface area contributed by atoms with Gasteiger partial charge in [0, 0.05) is 44.9 Å². The van der Waals surface area contributed by atoms with Crippen molar-refractivity contribution in [1.82, 2.24) is 21.3 Å². The van der Waals surface area contributed by atoms with E-state index in [4.69, 9.17) is 0 Å². The minimum absolute atomic E-state index is 0.0387. The lowest BCUT2D eigenvalue weighted by molar-refractivity contribution is -0.127. The Hall–Kier alpha value is -1.80. The number of likely N-dealkylation sites (N-methyl/N-ethyl adjacent to an activating group) is 1. The third-order valence-corrected chi connectivity index (χ3v) is 3.98. The van der Waals surface area contributed by atoms with Crippen LogP contribution in [0.1, 0.15) is 40.0 Å². The molecule has 2 unspecified atom stereocenters. The van der Waals surface area contributed by atoms with Crippen LogP contribution in [0.15, 0.2) is 0 Å². The van der Waals surface area contributed by atoms with Gasteiger partial charge in [-0.05, 0) is 27.3 Å². The number of carbonyl (C=O) groups excluding carboxylic acids is 4. The van der Waals surface area contributed by atoms with Crippen LogP contribution in [0.25, 0.3) is 0 Å². The molecule has 2 atom stereocenters. The lowest BCUT2D eigenvalue weighted by atomic mass is 9.98. The van der Waals surface area contributed by atoms with E-state index in [1.165, 1.54) is 13.8 Å². The van der Waals surface area contributed by atoms with E-state index in [0.29, 0.717) is 32.6 Å². The molecule has 0 aliphatic rings. The van der Waals surface area contributed by atoms with Gasteiger partial charge in [-0.1, -0.05) is 6.92 Å². The average Bonchev–Trinajstić information content (AvgIpc) is 2.55. The molecule has 0 aliphatic heterocycles. The summed E-state index contributed by atoms with van der Waals surface area (Å²) >= 11 is 0. The van der Waals surface area contributed by atoms with E-state index in [2.05, 4.69) is 21.3 Å². The molecule has 0 saturated heterocycles. The number of ketones is 2. The molecule has 8 nitrogen and oxygen atoms in total. The molecule has 8 heteroatoms. The van der Waals surface area contributed by atoms with Crippen LogP contribution >= 0.6 is 0 Å². The van der Waals surface area contributed by atoms with Crippen molar-refractivity contribution >= 4 is 23.4 Å². The number of Topliss-reactive ketones (excluding diaryl/α,β-unsaturated/α-hetero) is 2. The van der Waals surface area contributed by atoms with Crippen LogP contribution < -0.4 is 21.3 Å². The van der Waals surface area contributed by atoms with E-state index >= 15 is 0 Å². The molecule has 25 heavy (non-hydrogen) atoms. The van der Waals surface area contributed by atoms with Gasteiger partial charge in [-0.2, -0.15) is 0 Å². The zero-order chi connectivity index (χ0) is 19.2. The van der Waals surface area contributed by atoms with Gasteiger partial charge in [0.25, 0.3) is 0 Å². The molecule has 2 amide bonds. The van der Waals surface area contributed by atoms with Crippen LogP contribution in [0, 0.1) is 5.92 Å². The summed E-state index contributed by atoms with van der Waals surface area (Å²) in [6, 6.07) is -0.454. The minimum Gasteiger partial charge on any atom is -0.355 e. The zero-order valence-electron chi connectivity index (χ0n) is 15.7. The van der Waals surface area contributed by atoms with Crippen LogP contribution in [0.4, 0.5) is 0 Å². The monoisotopic (exact) mass is 356 g/mol. The summed E-state index contributed by atoms with van der Waals surface area (Å²) in [5.74, 6) is -0.544. The Balaban J connectivity index is 3.70. The molecule has 0 saturated carbocycles. The van der Waals surface area contributed by atoms with Crippen LogP contribution in [-0.2, 0) is 19.2 Å². The highest BCUT2D eigenvalue weighted by atomic mass is 16.2. The van der Waals surface area contributed by atoms with Crippen molar-refractivity contribution in [3.05, 3.63) is 0 Å². The summed E-state index contributed by atoms with van der Waals surface area (Å²) in [5.41, 5.74) is 0. The average molecular weight is 356 g/mol. The van der Waals surface area contributed by atoms with Crippen molar-refractivity contribution in [2.75, 3.05) is 33.2 Å². The lowest BCUT2D eigenvalue weighted by Gasteiger charge is -2.13. The first-order valence-electron chi connectivity index (χ1n) is 8.74. The second-order valence-corrected chi connectivity index (χ2v) is 6.03. The SMILES string of the molecule is CCC(CC(=O)NCCNCCNC(=O)CC(NC)C(C)=O)C(C)=O. The lowest BCUT2D eigenvalue weighted by Crippen LogP contribution is -2.40. The Kier molecular flexibility index (Phi) is 12.5. The Morgan fingerprint density at radius 1 is 0.800 bits per heavy atom. The minimum atomic E-state index is -0.454. The Morgan fingerprint density at radius 2 is 1.32 bits per heavy atom. The van der Waals surface area contributed by atoms with Gasteiger partial charge in [-0.25, -0.2) is 0 Å². The van der Waals surface area contributed by atoms with Gasteiger partial charge in [-0.15, -0.1) is 0 Å². The maximum absolute atomic E-state index is 11.7. The first-order valence-corrected chi connectivity index (χ1v) is 8.74. The number of amides is 2. The summed E-state index contributed by atoms with van der Waals surface area (Å²) < 4.78 is 0. The first-order chi connectivity index (χ1) is 11.8. The molecule has 4 N–H and O–H groups in total. The van der Waals surface area contributed by atoms with E-state index in [0.717, 1.165) is 0 Å². The third-order valence-electron chi connectivity index (χ3n) is 3.98. The Morgan fingerprint density at radius 3 is 1.72 bits per heavy atom. The molecule has 0 heterocycles. The number of nitrogens with one attached hydrogen (secondary N) is 4. The second kappa shape index (κ2) is 13.5. The third kappa shape index (κ3) is 11.4. The van der Waals surface area contributed by atoms with Gasteiger partial charge in [-0.3, -0.25) is 19.2 Å². The second-order valence-electron chi connectivity index (χ2n) is 6.03. The maximum atomic E-state index is 11.7. The molecule has 0 spiro atoms. The molecule has 144 valence electrons. The van der Waals surface area contributed by atoms with Crippen molar-refractivity contribution < 1.29 is 19.2 Å². The van der Waals surface area contributed by atoms with Gasteiger partial charge < -0.3 is 21.3 Å². The summed E-state index contributed by atoms with van der Waals surface area (Å²) in [6.07, 6.45) is 1.01. The number of carbonyl (C=O) groups is 4. The molecule has 0 fully saturated rings. The van der Waals surface area contributed by atoms with E-state index in [-0.39, 0.29) is 42.1 Å². The van der Waals surface area contributed by atoms with Crippen molar-refractivity contribution in [2.24, 2.45) is 5.92 Å². The highest BCUT2D eigenvalue weighted by Crippen LogP contribution is 2.08. The summed E-state index contributed by atoms with van der Waals surface area (Å²) in [5, 5.41) is 11.4. The number of rotatable bonds is 14. The summed E-state index contributed by atoms with van der Waals surface area (Å²) in [4.78, 5) is 45.9. The van der Waals surface area contributed by atoms with Crippen LogP contribution in [0.3, 0.4) is 0 Å². The molecule has 0 bridgehead atoms. The van der Waals surface area contributed by atoms with Crippen molar-refractivity contribution in [3.63, 3.8) is 0 Å². The highest BCUT2D eigenvalue weighted by Gasteiger charge is 2.16. The molecular weight excluding hydrogens is 324 g/mol. The van der Waals surface area contributed by atoms with E-state index < -0.39 is 6.04 Å². The van der Waals surface area contributed by atoms with Gasteiger partial charge in [0.15, 0.2) is 0 Å². The molecule has 0 aromatic carbocycles. The van der Waals surface area contributed by atoms with Gasteiger partial charge >= 0.3 is 0 Å². The van der Waals surface area contributed by atoms with Crippen molar-refractivity contribution in [1.29, 1.82) is 0 Å². The largest absolute Gasteiger partial charge is 0.355 e. The van der Waals surface area contributed by atoms with E-state index in [9.17, 15) is 19.2 Å². The standard InChI is InChI=1S/C17H32N4O4/c1-5-14(12(2)22)10-16(24)20-8-6-19-7-9-21-17(25)11-15(18-4)13(3)23/h14-15,18-19H,5-11H2,1-4H3,(H,20,24)(H,21,25). The normalized spacial score (nSPS) is 13.0. The van der Waals surface area contributed by atoms with Crippen molar-refractivity contribution in [3.8, 4) is 0 Å². The number of hydrogen-bond acceptors (Lipinski definition) is 6. The molecular formula is C17H32N4O4. The van der Waals surface area contributed by atoms with Crippen LogP contribution in [0.5, 0.6) is 0 Å². The predicted molar refractivity (Wildman–Crippen MR) is 96.1 cm³/mol. The zero-order valence-corrected chi connectivity index (χ0v) is 15.7. The quantitative estimate of drug-likeness (QED) is 0.308. The Labute approximate surface area is 149 Å². The van der Waals surface area contributed by atoms with E-state index in [1.807, 2.05) is 6.92 Å². The Bertz CT molecular complexity index is 414. The van der Waals surface area contributed by atoms with Crippen molar-refractivity contribution in [2.45, 2.75) is 46.1 Å². The fraction of sp³-hybridized carbons (Fsp3) is 0.765. The summed E-state index contributed by atoms with van der Waals surface area (Å²) in [6.45, 7) is 6.90. The first kappa shape index (κ1) is 23.2. The molecule has 0 aromatic rings. The molecule has 0 aliphatic carbocycles. The predicted octanol–water partition coefficient (Wildman–Crippen LogP) is -0.619. The molecule has 0 radical (unpaired) electrons. The topological polar surface area (TPSA) is 116 Å². The van der Waals surface area contributed by atoms with E-state index in [1.54, 1.807) is 7.05 Å². The van der Waals surface area contributed by atoms with Gasteiger partial charge in [0.2, 0.25) is 11.8 Å². The number of hydrogen-bond donors (Lipinski definition) is 4. The van der Waals surface area contributed by atoms with Crippen LogP contribution in [0.2, 0.25) is 0 Å². The van der Waals surface area contributed by atoms with Gasteiger partial charge in [0.05, 0.1) is 6.04 Å². The fourth-order valence-electron chi connectivity index (χ4n) is 2.28.